The van der Waals surface area contributed by atoms with Crippen LogP contribution in [0, 0.1) is 0 Å². The number of ketones is 1. The SMILES string of the molecule is CCCc1ccc(C(=O)CCNC(C)(C)C)cc1. The zero-order chi connectivity index (χ0) is 13.6. The van der Waals surface area contributed by atoms with Gasteiger partial charge in [-0.1, -0.05) is 37.6 Å². The van der Waals surface area contributed by atoms with E-state index in [9.17, 15) is 4.79 Å². The molecule has 1 rings (SSSR count). The van der Waals surface area contributed by atoms with E-state index in [1.807, 2.05) is 12.1 Å². The van der Waals surface area contributed by atoms with Crippen LogP contribution in [0.25, 0.3) is 0 Å². The molecule has 1 N–H and O–H groups in total. The Labute approximate surface area is 111 Å². The van der Waals surface area contributed by atoms with E-state index < -0.39 is 0 Å². The van der Waals surface area contributed by atoms with E-state index in [2.05, 4.69) is 45.1 Å². The third-order valence-corrected chi connectivity index (χ3v) is 2.82. The molecule has 0 bridgehead atoms. The second-order valence-electron chi connectivity index (χ2n) is 5.80. The van der Waals surface area contributed by atoms with Crippen molar-refractivity contribution in [3.05, 3.63) is 35.4 Å². The fourth-order valence-corrected chi connectivity index (χ4v) is 1.84. The Kier molecular flexibility index (Phi) is 5.54. The first-order valence-electron chi connectivity index (χ1n) is 6.79. The van der Waals surface area contributed by atoms with Gasteiger partial charge in [0.25, 0.3) is 0 Å². The quantitative estimate of drug-likeness (QED) is 0.778. The summed E-state index contributed by atoms with van der Waals surface area (Å²) in [5.41, 5.74) is 2.21. The molecule has 0 spiro atoms. The van der Waals surface area contributed by atoms with Gasteiger partial charge in [0.1, 0.15) is 0 Å². The highest BCUT2D eigenvalue weighted by Gasteiger charge is 2.10. The van der Waals surface area contributed by atoms with Crippen molar-refractivity contribution in [3.8, 4) is 0 Å². The molecule has 0 atom stereocenters. The number of benzene rings is 1. The molecule has 0 saturated carbocycles. The van der Waals surface area contributed by atoms with E-state index in [0.717, 1.165) is 24.9 Å². The van der Waals surface area contributed by atoms with Crippen molar-refractivity contribution in [2.24, 2.45) is 0 Å². The molecular formula is C16H25NO. The molecule has 100 valence electrons. The monoisotopic (exact) mass is 247 g/mol. The van der Waals surface area contributed by atoms with Crippen molar-refractivity contribution in [1.82, 2.24) is 5.32 Å². The fraction of sp³-hybridized carbons (Fsp3) is 0.562. The number of rotatable bonds is 6. The van der Waals surface area contributed by atoms with E-state index in [-0.39, 0.29) is 11.3 Å². The highest BCUT2D eigenvalue weighted by atomic mass is 16.1. The van der Waals surface area contributed by atoms with Crippen molar-refractivity contribution >= 4 is 5.78 Å². The first-order chi connectivity index (χ1) is 8.42. The van der Waals surface area contributed by atoms with Gasteiger partial charge in [-0.2, -0.15) is 0 Å². The summed E-state index contributed by atoms with van der Waals surface area (Å²) in [5.74, 6) is 0.217. The van der Waals surface area contributed by atoms with Gasteiger partial charge in [0, 0.05) is 24.1 Å². The van der Waals surface area contributed by atoms with Gasteiger partial charge in [-0.25, -0.2) is 0 Å². The Balaban J connectivity index is 2.46. The number of hydrogen-bond donors (Lipinski definition) is 1. The van der Waals surface area contributed by atoms with Crippen LogP contribution in [0.5, 0.6) is 0 Å². The number of carbonyl (C=O) groups is 1. The van der Waals surface area contributed by atoms with Crippen molar-refractivity contribution < 1.29 is 4.79 Å². The summed E-state index contributed by atoms with van der Waals surface area (Å²) in [6, 6.07) is 8.02. The summed E-state index contributed by atoms with van der Waals surface area (Å²) in [6.45, 7) is 9.22. The summed E-state index contributed by atoms with van der Waals surface area (Å²) >= 11 is 0. The smallest absolute Gasteiger partial charge is 0.164 e. The standard InChI is InChI=1S/C16H25NO/c1-5-6-13-7-9-14(10-8-13)15(18)11-12-17-16(2,3)4/h7-10,17H,5-6,11-12H2,1-4H3. The number of nitrogens with one attached hydrogen (secondary N) is 1. The first kappa shape index (κ1) is 14.9. The molecule has 2 heteroatoms. The molecule has 1 aromatic rings. The zero-order valence-corrected chi connectivity index (χ0v) is 12.0. The minimum atomic E-state index is 0.0747. The average molecular weight is 247 g/mol. The second-order valence-corrected chi connectivity index (χ2v) is 5.80. The molecule has 1 aromatic carbocycles. The van der Waals surface area contributed by atoms with Crippen molar-refractivity contribution in [2.45, 2.75) is 52.5 Å². The van der Waals surface area contributed by atoms with Gasteiger partial charge in [-0.15, -0.1) is 0 Å². The molecule has 2 nitrogen and oxygen atoms in total. The molecule has 0 radical (unpaired) electrons. The van der Waals surface area contributed by atoms with Gasteiger partial charge >= 0.3 is 0 Å². The predicted octanol–water partition coefficient (Wildman–Crippen LogP) is 3.60. The van der Waals surface area contributed by atoms with Crippen molar-refractivity contribution in [2.75, 3.05) is 6.54 Å². The van der Waals surface area contributed by atoms with Crippen LogP contribution in [-0.2, 0) is 6.42 Å². The maximum absolute atomic E-state index is 12.0. The summed E-state index contributed by atoms with van der Waals surface area (Å²) < 4.78 is 0. The third kappa shape index (κ3) is 5.46. The van der Waals surface area contributed by atoms with Crippen LogP contribution in [0.2, 0.25) is 0 Å². The summed E-state index contributed by atoms with van der Waals surface area (Å²) in [7, 11) is 0. The van der Waals surface area contributed by atoms with Crippen LogP contribution in [0.4, 0.5) is 0 Å². The Morgan fingerprint density at radius 3 is 2.28 bits per heavy atom. The van der Waals surface area contributed by atoms with E-state index in [0.29, 0.717) is 6.42 Å². The Morgan fingerprint density at radius 1 is 1.17 bits per heavy atom. The Morgan fingerprint density at radius 2 is 1.78 bits per heavy atom. The van der Waals surface area contributed by atoms with Crippen LogP contribution >= 0.6 is 0 Å². The molecular weight excluding hydrogens is 222 g/mol. The van der Waals surface area contributed by atoms with Gasteiger partial charge < -0.3 is 5.32 Å². The van der Waals surface area contributed by atoms with E-state index in [4.69, 9.17) is 0 Å². The summed E-state index contributed by atoms with van der Waals surface area (Å²) in [6.07, 6.45) is 2.78. The van der Waals surface area contributed by atoms with Crippen LogP contribution in [0.15, 0.2) is 24.3 Å². The number of aryl methyl sites for hydroxylation is 1. The molecule has 18 heavy (non-hydrogen) atoms. The van der Waals surface area contributed by atoms with Crippen LogP contribution in [0.3, 0.4) is 0 Å². The lowest BCUT2D eigenvalue weighted by atomic mass is 10.0. The minimum absolute atomic E-state index is 0.0747. The number of carbonyl (C=O) groups excluding carboxylic acids is 1. The van der Waals surface area contributed by atoms with E-state index in [1.54, 1.807) is 0 Å². The number of hydrogen-bond acceptors (Lipinski definition) is 2. The molecule has 0 aromatic heterocycles. The minimum Gasteiger partial charge on any atom is -0.312 e. The van der Waals surface area contributed by atoms with Gasteiger partial charge in [-0.05, 0) is 32.8 Å². The van der Waals surface area contributed by atoms with Crippen molar-refractivity contribution in [3.63, 3.8) is 0 Å². The summed E-state index contributed by atoms with van der Waals surface area (Å²) in [5, 5.41) is 3.33. The lowest BCUT2D eigenvalue weighted by molar-refractivity contribution is 0.0980. The van der Waals surface area contributed by atoms with Gasteiger partial charge in [0.2, 0.25) is 0 Å². The Hall–Kier alpha value is -1.15. The zero-order valence-electron chi connectivity index (χ0n) is 12.0. The molecule has 0 heterocycles. The molecule has 0 unspecified atom stereocenters. The van der Waals surface area contributed by atoms with Crippen LogP contribution in [-0.4, -0.2) is 17.9 Å². The molecule has 0 aliphatic rings. The van der Waals surface area contributed by atoms with E-state index in [1.165, 1.54) is 5.56 Å². The van der Waals surface area contributed by atoms with Gasteiger partial charge in [0.15, 0.2) is 5.78 Å². The lowest BCUT2D eigenvalue weighted by Gasteiger charge is -2.20. The molecule has 0 amide bonds. The maximum Gasteiger partial charge on any atom is 0.164 e. The van der Waals surface area contributed by atoms with Gasteiger partial charge in [-0.3, -0.25) is 4.79 Å². The highest BCUT2D eigenvalue weighted by molar-refractivity contribution is 5.96. The normalized spacial score (nSPS) is 11.6. The largest absolute Gasteiger partial charge is 0.312 e. The van der Waals surface area contributed by atoms with Crippen LogP contribution < -0.4 is 5.32 Å². The molecule has 0 aliphatic heterocycles. The summed E-state index contributed by atoms with van der Waals surface area (Å²) in [4.78, 5) is 12.0. The highest BCUT2D eigenvalue weighted by Crippen LogP contribution is 2.09. The topological polar surface area (TPSA) is 29.1 Å². The third-order valence-electron chi connectivity index (χ3n) is 2.82. The molecule has 0 fully saturated rings. The first-order valence-corrected chi connectivity index (χ1v) is 6.79. The van der Waals surface area contributed by atoms with E-state index >= 15 is 0 Å². The fourth-order valence-electron chi connectivity index (χ4n) is 1.84. The van der Waals surface area contributed by atoms with Gasteiger partial charge in [0.05, 0.1) is 0 Å². The Bertz CT molecular complexity index is 373. The number of Topliss-reactive ketones (excluding diaryl/α,β-unsaturated/α-hetero) is 1. The van der Waals surface area contributed by atoms with Crippen molar-refractivity contribution in [1.29, 1.82) is 0 Å². The average Bonchev–Trinajstić information content (AvgIpc) is 2.28. The predicted molar refractivity (Wildman–Crippen MR) is 77.1 cm³/mol. The maximum atomic E-state index is 12.0. The lowest BCUT2D eigenvalue weighted by Crippen LogP contribution is -2.37. The second kappa shape index (κ2) is 6.69. The van der Waals surface area contributed by atoms with Crippen LogP contribution in [0.1, 0.15) is 56.5 Å². The molecule has 0 saturated heterocycles. The molecule has 0 aliphatic carbocycles.